The lowest BCUT2D eigenvalue weighted by atomic mass is 10.0. The third-order valence-electron chi connectivity index (χ3n) is 3.08. The van der Waals surface area contributed by atoms with E-state index in [1.807, 2.05) is 26.0 Å². The van der Waals surface area contributed by atoms with Crippen molar-refractivity contribution < 1.29 is 4.39 Å². The third kappa shape index (κ3) is 2.14. The van der Waals surface area contributed by atoms with Gasteiger partial charge in [-0.15, -0.1) is 0 Å². The highest BCUT2D eigenvalue weighted by atomic mass is 19.1. The van der Waals surface area contributed by atoms with E-state index in [1.54, 1.807) is 6.07 Å². The van der Waals surface area contributed by atoms with Crippen LogP contribution in [0.3, 0.4) is 0 Å². The number of anilines is 1. The molecule has 0 aromatic heterocycles. The summed E-state index contributed by atoms with van der Waals surface area (Å²) in [4.78, 5) is 2.26. The minimum atomic E-state index is -0.0607. The second-order valence-electron chi connectivity index (χ2n) is 4.55. The van der Waals surface area contributed by atoms with Crippen LogP contribution < -0.4 is 4.90 Å². The summed E-state index contributed by atoms with van der Waals surface area (Å²) in [5, 5.41) is 0. The molecule has 0 spiro atoms. The molecule has 0 bridgehead atoms. The molecule has 1 aliphatic heterocycles. The van der Waals surface area contributed by atoms with E-state index in [2.05, 4.69) is 4.90 Å². The summed E-state index contributed by atoms with van der Waals surface area (Å²) < 4.78 is 13.7. The Balaban J connectivity index is 2.24. The first-order chi connectivity index (χ1) is 7.18. The maximum atomic E-state index is 13.7. The van der Waals surface area contributed by atoms with Crippen molar-refractivity contribution in [3.63, 3.8) is 0 Å². The molecule has 1 heterocycles. The van der Waals surface area contributed by atoms with E-state index in [1.165, 1.54) is 12.8 Å². The summed E-state index contributed by atoms with van der Waals surface area (Å²) in [7, 11) is 0. The first-order valence-electron chi connectivity index (χ1n) is 5.73. The fraction of sp³-hybridized carbons (Fsp3) is 0.538. The van der Waals surface area contributed by atoms with E-state index < -0.39 is 0 Å². The molecular formula is C13H18FN. The highest BCUT2D eigenvalue weighted by Gasteiger charge is 2.14. The van der Waals surface area contributed by atoms with Crippen LogP contribution in [0.15, 0.2) is 18.2 Å². The van der Waals surface area contributed by atoms with Crippen LogP contribution in [0.5, 0.6) is 0 Å². The van der Waals surface area contributed by atoms with Gasteiger partial charge in [0.2, 0.25) is 0 Å². The Morgan fingerprint density at radius 2 is 1.87 bits per heavy atom. The van der Waals surface area contributed by atoms with Gasteiger partial charge >= 0.3 is 0 Å². The first-order valence-corrected chi connectivity index (χ1v) is 5.73. The van der Waals surface area contributed by atoms with Crippen LogP contribution in [-0.2, 0) is 0 Å². The molecule has 82 valence electrons. The Kier molecular flexibility index (Phi) is 2.94. The van der Waals surface area contributed by atoms with E-state index in [0.717, 1.165) is 24.3 Å². The first kappa shape index (κ1) is 10.5. The number of halogens is 1. The van der Waals surface area contributed by atoms with Gasteiger partial charge < -0.3 is 4.90 Å². The van der Waals surface area contributed by atoms with Crippen molar-refractivity contribution in [2.75, 3.05) is 18.0 Å². The second kappa shape index (κ2) is 4.21. The van der Waals surface area contributed by atoms with Gasteiger partial charge in [-0.25, -0.2) is 4.39 Å². The maximum Gasteiger partial charge on any atom is 0.128 e. The lowest BCUT2D eigenvalue weighted by Crippen LogP contribution is -2.17. The van der Waals surface area contributed by atoms with Gasteiger partial charge in [-0.3, -0.25) is 0 Å². The Morgan fingerprint density at radius 3 is 2.40 bits per heavy atom. The van der Waals surface area contributed by atoms with Gasteiger partial charge in [0.05, 0.1) is 0 Å². The third-order valence-corrected chi connectivity index (χ3v) is 3.08. The molecular weight excluding hydrogens is 189 g/mol. The van der Waals surface area contributed by atoms with Crippen LogP contribution in [0.2, 0.25) is 0 Å². The second-order valence-corrected chi connectivity index (χ2v) is 4.55. The topological polar surface area (TPSA) is 3.24 Å². The number of rotatable bonds is 2. The van der Waals surface area contributed by atoms with Crippen LogP contribution in [-0.4, -0.2) is 13.1 Å². The van der Waals surface area contributed by atoms with Crippen LogP contribution in [0.1, 0.15) is 38.2 Å². The van der Waals surface area contributed by atoms with Gasteiger partial charge in [0.1, 0.15) is 5.82 Å². The summed E-state index contributed by atoms with van der Waals surface area (Å²) in [5.74, 6) is 0.201. The molecule has 1 aromatic rings. The van der Waals surface area contributed by atoms with Crippen molar-refractivity contribution in [2.45, 2.75) is 32.6 Å². The summed E-state index contributed by atoms with van der Waals surface area (Å²) in [6, 6.07) is 5.65. The molecule has 0 amide bonds. The summed E-state index contributed by atoms with van der Waals surface area (Å²) in [5.41, 5.74) is 1.85. The molecule has 1 nitrogen and oxygen atoms in total. The van der Waals surface area contributed by atoms with Crippen molar-refractivity contribution in [3.05, 3.63) is 29.6 Å². The normalized spacial score (nSPS) is 16.4. The monoisotopic (exact) mass is 207 g/mol. The largest absolute Gasteiger partial charge is 0.371 e. The molecule has 1 aromatic carbocycles. The van der Waals surface area contributed by atoms with Gasteiger partial charge in [0.25, 0.3) is 0 Å². The zero-order valence-electron chi connectivity index (χ0n) is 9.46. The molecule has 15 heavy (non-hydrogen) atoms. The average Bonchev–Trinajstić information content (AvgIpc) is 2.69. The van der Waals surface area contributed by atoms with Crippen molar-refractivity contribution in [3.8, 4) is 0 Å². The molecule has 2 rings (SSSR count). The van der Waals surface area contributed by atoms with Gasteiger partial charge in [-0.2, -0.15) is 0 Å². The molecule has 1 saturated heterocycles. The smallest absolute Gasteiger partial charge is 0.128 e. The lowest BCUT2D eigenvalue weighted by Gasteiger charge is -2.18. The Labute approximate surface area is 90.9 Å². The van der Waals surface area contributed by atoms with E-state index >= 15 is 0 Å². The molecule has 0 N–H and O–H groups in total. The zero-order valence-corrected chi connectivity index (χ0v) is 9.46. The van der Waals surface area contributed by atoms with Gasteiger partial charge in [0, 0.05) is 18.8 Å². The minimum absolute atomic E-state index is 0.0607. The van der Waals surface area contributed by atoms with Crippen LogP contribution in [0, 0.1) is 5.82 Å². The van der Waals surface area contributed by atoms with Gasteiger partial charge in [0.15, 0.2) is 0 Å². The minimum Gasteiger partial charge on any atom is -0.371 e. The lowest BCUT2D eigenvalue weighted by molar-refractivity contribution is 0.598. The number of hydrogen-bond acceptors (Lipinski definition) is 1. The van der Waals surface area contributed by atoms with Crippen molar-refractivity contribution in [2.24, 2.45) is 0 Å². The summed E-state index contributed by atoms with van der Waals surface area (Å²) in [6.45, 7) is 6.18. The summed E-state index contributed by atoms with van der Waals surface area (Å²) in [6.07, 6.45) is 2.46. The standard InChI is InChI=1S/C13H18FN/c1-10(2)12-6-5-11(9-13(12)14)15-7-3-4-8-15/h5-6,9-10H,3-4,7-8H2,1-2H3. The average molecular weight is 207 g/mol. The van der Waals surface area contributed by atoms with Crippen LogP contribution in [0.25, 0.3) is 0 Å². The Hall–Kier alpha value is -1.05. The molecule has 0 aliphatic carbocycles. The van der Waals surface area contributed by atoms with Crippen molar-refractivity contribution >= 4 is 5.69 Å². The molecule has 1 aliphatic rings. The van der Waals surface area contributed by atoms with E-state index in [9.17, 15) is 4.39 Å². The quantitative estimate of drug-likeness (QED) is 0.717. The Morgan fingerprint density at radius 1 is 1.20 bits per heavy atom. The predicted octanol–water partition coefficient (Wildman–Crippen LogP) is 3.55. The molecule has 0 radical (unpaired) electrons. The molecule has 1 fully saturated rings. The fourth-order valence-corrected chi connectivity index (χ4v) is 2.16. The molecule has 0 saturated carbocycles. The van der Waals surface area contributed by atoms with Crippen molar-refractivity contribution in [1.29, 1.82) is 0 Å². The number of nitrogens with zero attached hydrogens (tertiary/aromatic N) is 1. The molecule has 2 heteroatoms. The number of hydrogen-bond donors (Lipinski definition) is 0. The van der Waals surface area contributed by atoms with Gasteiger partial charge in [-0.1, -0.05) is 19.9 Å². The maximum absolute atomic E-state index is 13.7. The highest BCUT2D eigenvalue weighted by Crippen LogP contribution is 2.25. The molecule has 0 atom stereocenters. The van der Waals surface area contributed by atoms with E-state index in [-0.39, 0.29) is 11.7 Å². The SMILES string of the molecule is CC(C)c1ccc(N2CCCC2)cc1F. The molecule has 0 unspecified atom stereocenters. The fourth-order valence-electron chi connectivity index (χ4n) is 2.16. The van der Waals surface area contributed by atoms with Crippen LogP contribution in [0.4, 0.5) is 10.1 Å². The van der Waals surface area contributed by atoms with Gasteiger partial charge in [-0.05, 0) is 36.5 Å². The van der Waals surface area contributed by atoms with Crippen LogP contribution >= 0.6 is 0 Å². The summed E-state index contributed by atoms with van der Waals surface area (Å²) >= 11 is 0. The Bertz CT molecular complexity index is 340. The number of benzene rings is 1. The highest BCUT2D eigenvalue weighted by molar-refractivity contribution is 5.49. The predicted molar refractivity (Wildman–Crippen MR) is 61.9 cm³/mol. The van der Waals surface area contributed by atoms with E-state index in [0.29, 0.717) is 0 Å². The zero-order chi connectivity index (χ0) is 10.8. The van der Waals surface area contributed by atoms with Crippen molar-refractivity contribution in [1.82, 2.24) is 0 Å². The van der Waals surface area contributed by atoms with E-state index in [4.69, 9.17) is 0 Å².